The summed E-state index contributed by atoms with van der Waals surface area (Å²) in [6.07, 6.45) is 4.62. The van der Waals surface area contributed by atoms with E-state index in [-0.39, 0.29) is 11.7 Å². The zero-order chi connectivity index (χ0) is 24.9. The standard InChI is InChI=1S/C24H26IN7O2/c1-6-17(31-34-5)20-12-18(30-32(20)14-15-10-8-9-11-16(15)25)22-27-13-19(21(26)29-22)28-23(33)24(3,4)7-2/h6-13H,1-2,14H2,3-5H3,(H,28,33)(H2,26,27,29)/b31-17+. The second-order valence-corrected chi connectivity index (χ2v) is 9.06. The van der Waals surface area contributed by atoms with Gasteiger partial charge in [-0.05, 0) is 60.2 Å². The SMILES string of the molecule is C=C/C(=N\OC)c1cc(-c2ncc(NC(=O)C(C)(C)C=C)c(N)n2)nn1Cc1ccccc1I. The molecule has 176 valence electrons. The summed E-state index contributed by atoms with van der Waals surface area (Å²) in [5.41, 5.74) is 8.44. The second-order valence-electron chi connectivity index (χ2n) is 7.90. The summed E-state index contributed by atoms with van der Waals surface area (Å²) in [6, 6.07) is 9.81. The van der Waals surface area contributed by atoms with Gasteiger partial charge in [0.15, 0.2) is 11.6 Å². The molecule has 9 nitrogen and oxygen atoms in total. The van der Waals surface area contributed by atoms with Gasteiger partial charge in [-0.3, -0.25) is 9.48 Å². The van der Waals surface area contributed by atoms with Gasteiger partial charge in [0.1, 0.15) is 24.2 Å². The zero-order valence-corrected chi connectivity index (χ0v) is 21.4. The van der Waals surface area contributed by atoms with Crippen LogP contribution in [0, 0.1) is 8.99 Å². The number of halogens is 1. The summed E-state index contributed by atoms with van der Waals surface area (Å²) in [4.78, 5) is 26.2. The first kappa shape index (κ1) is 25.1. The summed E-state index contributed by atoms with van der Waals surface area (Å²) >= 11 is 2.29. The minimum absolute atomic E-state index is 0.126. The molecule has 3 N–H and O–H groups in total. The Labute approximate surface area is 212 Å². The fourth-order valence-electron chi connectivity index (χ4n) is 2.92. The number of amides is 1. The van der Waals surface area contributed by atoms with Crippen molar-refractivity contribution in [2.75, 3.05) is 18.2 Å². The second kappa shape index (κ2) is 10.6. The predicted octanol–water partition coefficient (Wildman–Crippen LogP) is 4.26. The van der Waals surface area contributed by atoms with E-state index in [1.54, 1.807) is 36.7 Å². The van der Waals surface area contributed by atoms with Crippen molar-refractivity contribution in [1.82, 2.24) is 19.7 Å². The summed E-state index contributed by atoms with van der Waals surface area (Å²) in [5.74, 6) is 0.171. The molecule has 0 aliphatic carbocycles. The third-order valence-electron chi connectivity index (χ3n) is 5.09. The van der Waals surface area contributed by atoms with Crippen LogP contribution in [-0.4, -0.2) is 38.5 Å². The van der Waals surface area contributed by atoms with Crippen LogP contribution in [0.4, 0.5) is 11.5 Å². The normalized spacial score (nSPS) is 11.7. The lowest BCUT2D eigenvalue weighted by Crippen LogP contribution is -2.29. The van der Waals surface area contributed by atoms with E-state index in [1.165, 1.54) is 13.3 Å². The minimum atomic E-state index is -0.768. The fourth-order valence-corrected chi connectivity index (χ4v) is 3.48. The first-order valence-corrected chi connectivity index (χ1v) is 11.4. The molecule has 1 amide bonds. The number of hydrogen-bond acceptors (Lipinski definition) is 7. The molecule has 34 heavy (non-hydrogen) atoms. The average Bonchev–Trinajstić information content (AvgIpc) is 3.23. The Morgan fingerprint density at radius 1 is 1.35 bits per heavy atom. The monoisotopic (exact) mass is 571 g/mol. The van der Waals surface area contributed by atoms with Crippen LogP contribution in [0.5, 0.6) is 0 Å². The molecule has 1 aromatic carbocycles. The minimum Gasteiger partial charge on any atom is -0.399 e. The number of nitrogens with one attached hydrogen (secondary N) is 1. The van der Waals surface area contributed by atoms with E-state index >= 15 is 0 Å². The van der Waals surface area contributed by atoms with E-state index in [0.29, 0.717) is 35.2 Å². The molecule has 0 atom stereocenters. The van der Waals surface area contributed by atoms with Gasteiger partial charge < -0.3 is 15.9 Å². The number of nitrogens with two attached hydrogens (primary N) is 1. The maximum Gasteiger partial charge on any atom is 0.233 e. The van der Waals surface area contributed by atoms with Crippen molar-refractivity contribution in [3.05, 3.63) is 76.7 Å². The van der Waals surface area contributed by atoms with Crippen LogP contribution in [0.1, 0.15) is 25.1 Å². The van der Waals surface area contributed by atoms with E-state index in [0.717, 1.165) is 9.13 Å². The van der Waals surface area contributed by atoms with E-state index < -0.39 is 5.41 Å². The lowest BCUT2D eigenvalue weighted by molar-refractivity contribution is -0.121. The van der Waals surface area contributed by atoms with Crippen molar-refractivity contribution < 1.29 is 9.63 Å². The van der Waals surface area contributed by atoms with Gasteiger partial charge in [-0.1, -0.05) is 36.0 Å². The van der Waals surface area contributed by atoms with Crippen LogP contribution >= 0.6 is 22.6 Å². The van der Waals surface area contributed by atoms with Crippen LogP contribution < -0.4 is 11.1 Å². The number of aromatic nitrogens is 4. The Hall–Kier alpha value is -3.54. The fraction of sp³-hybridized carbons (Fsp3) is 0.208. The maximum atomic E-state index is 12.4. The van der Waals surface area contributed by atoms with Crippen molar-refractivity contribution in [2.24, 2.45) is 10.6 Å². The van der Waals surface area contributed by atoms with Gasteiger partial charge in [0.05, 0.1) is 23.9 Å². The molecule has 2 aromatic heterocycles. The van der Waals surface area contributed by atoms with E-state index in [9.17, 15) is 4.79 Å². The first-order chi connectivity index (χ1) is 16.2. The number of rotatable bonds is 9. The number of anilines is 2. The van der Waals surface area contributed by atoms with Gasteiger partial charge in [-0.15, -0.1) is 6.58 Å². The zero-order valence-electron chi connectivity index (χ0n) is 19.2. The Morgan fingerprint density at radius 2 is 2.09 bits per heavy atom. The van der Waals surface area contributed by atoms with Crippen LogP contribution in [0.3, 0.4) is 0 Å². The Kier molecular flexibility index (Phi) is 7.82. The molecule has 0 aliphatic heterocycles. The number of hydrogen-bond donors (Lipinski definition) is 2. The van der Waals surface area contributed by atoms with Crippen LogP contribution in [-0.2, 0) is 16.2 Å². The molecule has 0 spiro atoms. The number of allylic oxidation sites excluding steroid dienone is 1. The maximum absolute atomic E-state index is 12.4. The topological polar surface area (TPSA) is 120 Å². The average molecular weight is 571 g/mol. The van der Waals surface area contributed by atoms with Gasteiger partial charge >= 0.3 is 0 Å². The number of benzene rings is 1. The Morgan fingerprint density at radius 3 is 2.71 bits per heavy atom. The third-order valence-corrected chi connectivity index (χ3v) is 6.15. The highest BCUT2D eigenvalue weighted by Crippen LogP contribution is 2.25. The first-order valence-electron chi connectivity index (χ1n) is 10.3. The van der Waals surface area contributed by atoms with E-state index in [4.69, 9.17) is 15.7 Å². The van der Waals surface area contributed by atoms with Crippen molar-refractivity contribution in [3.63, 3.8) is 0 Å². The Balaban J connectivity index is 2.00. The summed E-state index contributed by atoms with van der Waals surface area (Å²) < 4.78 is 2.89. The number of nitrogen functional groups attached to an aromatic ring is 1. The molecule has 0 saturated carbocycles. The van der Waals surface area contributed by atoms with Crippen molar-refractivity contribution in [2.45, 2.75) is 20.4 Å². The highest BCUT2D eigenvalue weighted by molar-refractivity contribution is 14.1. The molecule has 0 fully saturated rings. The molecule has 0 saturated heterocycles. The quantitative estimate of drug-likeness (QED) is 0.171. The van der Waals surface area contributed by atoms with Crippen LogP contribution in [0.2, 0.25) is 0 Å². The predicted molar refractivity (Wildman–Crippen MR) is 142 cm³/mol. The molecule has 10 heteroatoms. The third kappa shape index (κ3) is 5.50. The summed E-state index contributed by atoms with van der Waals surface area (Å²) in [7, 11) is 1.47. The molecule has 0 bridgehead atoms. The lowest BCUT2D eigenvalue weighted by atomic mass is 9.93. The van der Waals surface area contributed by atoms with Gasteiger partial charge in [0.2, 0.25) is 5.91 Å². The van der Waals surface area contributed by atoms with Gasteiger partial charge in [-0.25, -0.2) is 9.97 Å². The molecule has 0 aliphatic rings. The van der Waals surface area contributed by atoms with E-state index in [2.05, 4.69) is 56.2 Å². The van der Waals surface area contributed by atoms with Crippen LogP contribution in [0.15, 0.2) is 67.0 Å². The molecule has 3 aromatic rings. The molecule has 3 rings (SSSR count). The summed E-state index contributed by atoms with van der Waals surface area (Å²) in [5, 5.41) is 11.5. The van der Waals surface area contributed by atoms with Crippen molar-refractivity contribution in [1.29, 1.82) is 0 Å². The number of carbonyl (C=O) groups is 1. The van der Waals surface area contributed by atoms with Gasteiger partial charge in [0, 0.05) is 3.57 Å². The Bertz CT molecular complexity index is 1260. The molecular formula is C24H26IN7O2. The lowest BCUT2D eigenvalue weighted by Gasteiger charge is -2.19. The van der Waals surface area contributed by atoms with Crippen molar-refractivity contribution >= 4 is 45.7 Å². The number of nitrogens with zero attached hydrogens (tertiary/aromatic N) is 5. The molecule has 2 heterocycles. The highest BCUT2D eigenvalue weighted by Gasteiger charge is 2.25. The van der Waals surface area contributed by atoms with Crippen LogP contribution in [0.25, 0.3) is 11.5 Å². The molecular weight excluding hydrogens is 545 g/mol. The smallest absolute Gasteiger partial charge is 0.233 e. The van der Waals surface area contributed by atoms with Crippen molar-refractivity contribution in [3.8, 4) is 11.5 Å². The summed E-state index contributed by atoms with van der Waals surface area (Å²) in [6.45, 7) is 11.5. The largest absolute Gasteiger partial charge is 0.399 e. The van der Waals surface area contributed by atoms with E-state index in [1.807, 2.05) is 24.3 Å². The van der Waals surface area contributed by atoms with Gasteiger partial charge in [0.25, 0.3) is 0 Å². The molecule has 0 radical (unpaired) electrons. The van der Waals surface area contributed by atoms with Gasteiger partial charge in [-0.2, -0.15) is 5.10 Å². The number of carbonyl (C=O) groups excluding carboxylic acids is 1. The molecule has 0 unspecified atom stereocenters. The highest BCUT2D eigenvalue weighted by atomic mass is 127. The number of oxime groups is 1.